The Morgan fingerprint density at radius 1 is 1.19 bits per heavy atom. The number of nitrogens with zero attached hydrogens (tertiary/aromatic N) is 3. The van der Waals surface area contributed by atoms with Gasteiger partial charge in [0.2, 0.25) is 11.8 Å². The van der Waals surface area contributed by atoms with Gasteiger partial charge in [0.15, 0.2) is 0 Å². The second-order valence-electron chi connectivity index (χ2n) is 5.66. The molecule has 0 radical (unpaired) electrons. The zero-order valence-electron chi connectivity index (χ0n) is 12.6. The number of piperazine rings is 1. The smallest absolute Gasteiger partial charge is 0.231 e. The van der Waals surface area contributed by atoms with Crippen LogP contribution >= 0.6 is 0 Å². The number of hydrogen-bond donors (Lipinski definition) is 0. The van der Waals surface area contributed by atoms with E-state index >= 15 is 0 Å². The lowest BCUT2D eigenvalue weighted by atomic mass is 10.1. The van der Waals surface area contributed by atoms with Gasteiger partial charge in [-0.25, -0.2) is 0 Å². The van der Waals surface area contributed by atoms with Gasteiger partial charge in [-0.2, -0.15) is 0 Å². The van der Waals surface area contributed by atoms with E-state index in [1.807, 2.05) is 24.9 Å². The monoisotopic (exact) mass is 287 g/mol. The van der Waals surface area contributed by atoms with Crippen molar-refractivity contribution in [2.75, 3.05) is 43.0 Å². The Balaban J connectivity index is 1.71. The van der Waals surface area contributed by atoms with Gasteiger partial charge in [0.05, 0.1) is 6.42 Å². The summed E-state index contributed by atoms with van der Waals surface area (Å²) in [7, 11) is 1.82. The molecule has 21 heavy (non-hydrogen) atoms. The number of benzene rings is 1. The van der Waals surface area contributed by atoms with E-state index in [9.17, 15) is 9.59 Å². The first-order valence-electron chi connectivity index (χ1n) is 7.52. The van der Waals surface area contributed by atoms with Gasteiger partial charge in [-0.1, -0.05) is 6.92 Å². The van der Waals surface area contributed by atoms with Crippen LogP contribution in [0, 0.1) is 0 Å². The lowest BCUT2D eigenvalue weighted by Crippen LogP contribution is -2.48. The second-order valence-corrected chi connectivity index (χ2v) is 5.66. The molecule has 1 aromatic rings. The average Bonchev–Trinajstić information content (AvgIpc) is 2.81. The highest BCUT2D eigenvalue weighted by molar-refractivity contribution is 6.01. The second kappa shape index (κ2) is 5.39. The molecule has 1 aromatic carbocycles. The summed E-state index contributed by atoms with van der Waals surface area (Å²) in [6, 6.07) is 6.22. The van der Waals surface area contributed by atoms with Gasteiger partial charge in [-0.15, -0.1) is 0 Å². The Morgan fingerprint density at radius 3 is 2.57 bits per heavy atom. The first kappa shape index (κ1) is 13.9. The van der Waals surface area contributed by atoms with Crippen LogP contribution in [0.25, 0.3) is 0 Å². The molecular formula is C16H21N3O2. The van der Waals surface area contributed by atoms with Crippen LogP contribution in [0.5, 0.6) is 0 Å². The van der Waals surface area contributed by atoms with E-state index in [0.29, 0.717) is 12.8 Å². The molecular weight excluding hydrogens is 266 g/mol. The maximum absolute atomic E-state index is 11.7. The number of amides is 2. The Kier molecular flexibility index (Phi) is 3.57. The van der Waals surface area contributed by atoms with Crippen molar-refractivity contribution in [1.82, 2.24) is 4.90 Å². The van der Waals surface area contributed by atoms with E-state index < -0.39 is 0 Å². The molecule has 2 aliphatic rings. The first-order chi connectivity index (χ1) is 10.1. The van der Waals surface area contributed by atoms with Gasteiger partial charge in [0.1, 0.15) is 0 Å². The number of fused-ring (bicyclic) bond motifs is 1. The van der Waals surface area contributed by atoms with Crippen LogP contribution in [0.3, 0.4) is 0 Å². The van der Waals surface area contributed by atoms with Crippen molar-refractivity contribution in [3.05, 3.63) is 23.8 Å². The molecule has 0 N–H and O–H groups in total. The number of carbonyl (C=O) groups excluding carboxylic acids is 2. The Labute approximate surface area is 125 Å². The highest BCUT2D eigenvalue weighted by atomic mass is 16.2. The molecule has 0 saturated carbocycles. The first-order valence-corrected chi connectivity index (χ1v) is 7.52. The highest BCUT2D eigenvalue weighted by Gasteiger charge is 2.26. The molecule has 2 aliphatic heterocycles. The quantitative estimate of drug-likeness (QED) is 0.822. The minimum absolute atomic E-state index is 0.153. The van der Waals surface area contributed by atoms with Gasteiger partial charge in [0, 0.05) is 51.0 Å². The maximum Gasteiger partial charge on any atom is 0.231 e. The summed E-state index contributed by atoms with van der Waals surface area (Å²) in [6.45, 7) is 5.18. The molecule has 0 aromatic heterocycles. The lowest BCUT2D eigenvalue weighted by molar-refractivity contribution is -0.131. The maximum atomic E-state index is 11.7. The topological polar surface area (TPSA) is 43.9 Å². The fourth-order valence-corrected chi connectivity index (χ4v) is 3.09. The Bertz CT molecular complexity index is 577. The molecule has 0 spiro atoms. The number of likely N-dealkylation sites (N-methyl/N-ethyl adjacent to an activating group) is 1. The summed E-state index contributed by atoms with van der Waals surface area (Å²) in [5.74, 6) is 0.385. The van der Waals surface area contributed by atoms with Crippen LogP contribution in [0.2, 0.25) is 0 Å². The van der Waals surface area contributed by atoms with E-state index in [0.717, 1.165) is 43.1 Å². The summed E-state index contributed by atoms with van der Waals surface area (Å²) in [5.41, 5.74) is 3.27. The van der Waals surface area contributed by atoms with E-state index in [1.54, 1.807) is 4.90 Å². The number of hydrogen-bond acceptors (Lipinski definition) is 3. The predicted molar refractivity (Wildman–Crippen MR) is 82.6 cm³/mol. The minimum Gasteiger partial charge on any atom is -0.368 e. The van der Waals surface area contributed by atoms with Crippen molar-refractivity contribution in [2.24, 2.45) is 0 Å². The molecule has 112 valence electrons. The van der Waals surface area contributed by atoms with Crippen LogP contribution in [-0.4, -0.2) is 49.9 Å². The van der Waals surface area contributed by atoms with E-state index in [4.69, 9.17) is 0 Å². The Hall–Kier alpha value is -2.04. The molecule has 2 heterocycles. The van der Waals surface area contributed by atoms with Gasteiger partial charge in [0.25, 0.3) is 0 Å². The SMILES string of the molecule is CCC(=O)N1CCN(c2ccc3c(c2)CC(=O)N3C)CC1. The van der Waals surface area contributed by atoms with Crippen LogP contribution in [0.15, 0.2) is 18.2 Å². The summed E-state index contributed by atoms with van der Waals surface area (Å²) >= 11 is 0. The van der Waals surface area contributed by atoms with E-state index in [1.165, 1.54) is 0 Å². The largest absolute Gasteiger partial charge is 0.368 e. The summed E-state index contributed by atoms with van der Waals surface area (Å²) in [6.07, 6.45) is 1.07. The van der Waals surface area contributed by atoms with Crippen molar-refractivity contribution < 1.29 is 9.59 Å². The number of rotatable bonds is 2. The van der Waals surface area contributed by atoms with Crippen molar-refractivity contribution in [1.29, 1.82) is 0 Å². The molecule has 0 bridgehead atoms. The predicted octanol–water partition coefficient (Wildman–Crippen LogP) is 1.26. The normalized spacial score (nSPS) is 18.2. The third-order valence-electron chi connectivity index (χ3n) is 4.44. The van der Waals surface area contributed by atoms with Crippen molar-refractivity contribution in [2.45, 2.75) is 19.8 Å². The van der Waals surface area contributed by atoms with Crippen LogP contribution in [0.1, 0.15) is 18.9 Å². The van der Waals surface area contributed by atoms with Crippen LogP contribution in [-0.2, 0) is 16.0 Å². The molecule has 1 fully saturated rings. The van der Waals surface area contributed by atoms with Crippen LogP contribution < -0.4 is 9.80 Å². The zero-order valence-corrected chi connectivity index (χ0v) is 12.6. The standard InChI is InChI=1S/C16H21N3O2/c1-3-15(20)19-8-6-18(7-9-19)13-4-5-14-12(10-13)11-16(21)17(14)2/h4-5,10H,3,6-9,11H2,1-2H3. The van der Waals surface area contributed by atoms with Gasteiger partial charge in [-0.05, 0) is 23.8 Å². The van der Waals surface area contributed by atoms with Crippen molar-refractivity contribution in [3.63, 3.8) is 0 Å². The lowest BCUT2D eigenvalue weighted by Gasteiger charge is -2.36. The van der Waals surface area contributed by atoms with Crippen molar-refractivity contribution >= 4 is 23.2 Å². The minimum atomic E-state index is 0.153. The van der Waals surface area contributed by atoms with Gasteiger partial charge < -0.3 is 14.7 Å². The zero-order chi connectivity index (χ0) is 15.0. The third kappa shape index (κ3) is 2.48. The number of anilines is 2. The fourth-order valence-electron chi connectivity index (χ4n) is 3.09. The molecule has 0 aliphatic carbocycles. The molecule has 0 atom stereocenters. The molecule has 2 amide bonds. The molecule has 5 nitrogen and oxygen atoms in total. The molecule has 0 unspecified atom stereocenters. The number of carbonyl (C=O) groups is 2. The van der Waals surface area contributed by atoms with E-state index in [2.05, 4.69) is 17.0 Å². The summed E-state index contributed by atoms with van der Waals surface area (Å²) < 4.78 is 0. The highest BCUT2D eigenvalue weighted by Crippen LogP contribution is 2.31. The molecule has 1 saturated heterocycles. The van der Waals surface area contributed by atoms with Gasteiger partial charge in [-0.3, -0.25) is 9.59 Å². The van der Waals surface area contributed by atoms with Crippen LogP contribution in [0.4, 0.5) is 11.4 Å². The third-order valence-corrected chi connectivity index (χ3v) is 4.44. The molecule has 3 rings (SSSR count). The average molecular weight is 287 g/mol. The summed E-state index contributed by atoms with van der Waals surface area (Å²) in [5, 5.41) is 0. The Morgan fingerprint density at radius 2 is 1.90 bits per heavy atom. The van der Waals surface area contributed by atoms with E-state index in [-0.39, 0.29) is 11.8 Å². The fraction of sp³-hybridized carbons (Fsp3) is 0.500. The molecule has 5 heteroatoms. The summed E-state index contributed by atoms with van der Waals surface area (Å²) in [4.78, 5) is 29.4. The van der Waals surface area contributed by atoms with Gasteiger partial charge >= 0.3 is 0 Å². The van der Waals surface area contributed by atoms with Crippen molar-refractivity contribution in [3.8, 4) is 0 Å².